The van der Waals surface area contributed by atoms with Crippen molar-refractivity contribution in [1.29, 1.82) is 0 Å². The fraction of sp³-hybridized carbons (Fsp3) is 0.0667. The van der Waals surface area contributed by atoms with Gasteiger partial charge in [0.1, 0.15) is 5.15 Å². The third-order valence-corrected chi connectivity index (χ3v) is 4.00. The molecule has 0 amide bonds. The average Bonchev–Trinajstić information content (AvgIpc) is 2.44. The molecule has 0 saturated heterocycles. The molecule has 2 heterocycles. The second-order valence-electron chi connectivity index (χ2n) is 4.42. The lowest BCUT2D eigenvalue weighted by atomic mass is 10.1. The molecule has 0 saturated carbocycles. The van der Waals surface area contributed by atoms with Crippen LogP contribution < -0.4 is 5.56 Å². The van der Waals surface area contributed by atoms with Crippen molar-refractivity contribution < 1.29 is 0 Å². The summed E-state index contributed by atoms with van der Waals surface area (Å²) in [5.41, 5.74) is 1.59. The highest BCUT2D eigenvalue weighted by atomic mass is 79.9. The number of fused-ring (bicyclic) bond motifs is 1. The van der Waals surface area contributed by atoms with Crippen molar-refractivity contribution in [1.82, 2.24) is 9.55 Å². The van der Waals surface area contributed by atoms with Crippen molar-refractivity contribution in [2.45, 2.75) is 6.54 Å². The molecule has 5 heteroatoms. The second kappa shape index (κ2) is 5.38. The molecule has 0 fully saturated rings. The minimum absolute atomic E-state index is 0.0864. The van der Waals surface area contributed by atoms with E-state index in [0.29, 0.717) is 16.2 Å². The highest BCUT2D eigenvalue weighted by Crippen LogP contribution is 2.21. The van der Waals surface area contributed by atoms with Crippen LogP contribution in [0.15, 0.2) is 57.9 Å². The molecule has 3 rings (SSSR count). The molecule has 0 N–H and O–H groups in total. The fourth-order valence-corrected chi connectivity index (χ4v) is 2.65. The first-order valence-electron chi connectivity index (χ1n) is 6.04. The maximum Gasteiger partial charge on any atom is 0.265 e. The van der Waals surface area contributed by atoms with Gasteiger partial charge in [0, 0.05) is 17.1 Å². The topological polar surface area (TPSA) is 34.9 Å². The number of hydrogen-bond acceptors (Lipinski definition) is 2. The molecular weight excluding hydrogens is 340 g/mol. The predicted molar refractivity (Wildman–Crippen MR) is 84.3 cm³/mol. The predicted octanol–water partition coefficient (Wildman–Crippen LogP) is 3.86. The van der Waals surface area contributed by atoms with Gasteiger partial charge in [-0.05, 0) is 40.2 Å². The second-order valence-corrected chi connectivity index (χ2v) is 5.63. The number of rotatable bonds is 2. The Morgan fingerprint density at radius 1 is 1.20 bits per heavy atom. The molecule has 2 aromatic heterocycles. The van der Waals surface area contributed by atoms with Gasteiger partial charge in [-0.2, -0.15) is 0 Å². The van der Waals surface area contributed by atoms with Crippen LogP contribution in [0.25, 0.3) is 10.9 Å². The van der Waals surface area contributed by atoms with E-state index < -0.39 is 0 Å². The van der Waals surface area contributed by atoms with Crippen molar-refractivity contribution in [3.8, 4) is 0 Å². The molecule has 0 unspecified atom stereocenters. The quantitative estimate of drug-likeness (QED) is 0.659. The molecule has 0 bridgehead atoms. The zero-order chi connectivity index (χ0) is 14.1. The first-order chi connectivity index (χ1) is 9.65. The van der Waals surface area contributed by atoms with Gasteiger partial charge in [-0.25, -0.2) is 4.98 Å². The minimum Gasteiger partial charge on any atom is -0.310 e. The summed E-state index contributed by atoms with van der Waals surface area (Å²) in [5, 5.41) is 1.44. The molecule has 3 aromatic rings. The molecule has 0 aliphatic carbocycles. The first kappa shape index (κ1) is 13.3. The summed E-state index contributed by atoms with van der Waals surface area (Å²) in [4.78, 5) is 16.4. The summed E-state index contributed by atoms with van der Waals surface area (Å²) in [5.74, 6) is 0. The number of pyridine rings is 2. The van der Waals surface area contributed by atoms with Crippen LogP contribution in [0.2, 0.25) is 5.15 Å². The zero-order valence-corrected chi connectivity index (χ0v) is 12.7. The van der Waals surface area contributed by atoms with Gasteiger partial charge in [-0.15, -0.1) is 0 Å². The smallest absolute Gasteiger partial charge is 0.265 e. The molecule has 3 nitrogen and oxygen atoms in total. The highest BCUT2D eigenvalue weighted by Gasteiger charge is 2.07. The highest BCUT2D eigenvalue weighted by molar-refractivity contribution is 9.10. The van der Waals surface area contributed by atoms with Crippen LogP contribution in [0, 0.1) is 0 Å². The number of benzene rings is 1. The number of halogens is 2. The molecule has 20 heavy (non-hydrogen) atoms. The summed E-state index contributed by atoms with van der Waals surface area (Å²) < 4.78 is 2.13. The van der Waals surface area contributed by atoms with Crippen LogP contribution >= 0.6 is 27.5 Å². The van der Waals surface area contributed by atoms with Crippen LogP contribution in [0.4, 0.5) is 0 Å². The Kier molecular flexibility index (Phi) is 3.59. The Morgan fingerprint density at radius 2 is 2.00 bits per heavy atom. The van der Waals surface area contributed by atoms with E-state index in [2.05, 4.69) is 20.9 Å². The molecule has 0 spiro atoms. The summed E-state index contributed by atoms with van der Waals surface area (Å²) in [6, 6.07) is 13.3. The molecule has 0 radical (unpaired) electrons. The Labute approximate surface area is 129 Å². The lowest BCUT2D eigenvalue weighted by Gasteiger charge is -2.09. The Hall–Kier alpha value is -1.65. The largest absolute Gasteiger partial charge is 0.310 e. The maximum absolute atomic E-state index is 12.0. The summed E-state index contributed by atoms with van der Waals surface area (Å²) in [7, 11) is 0. The lowest BCUT2D eigenvalue weighted by molar-refractivity contribution is 0.753. The molecule has 100 valence electrons. The van der Waals surface area contributed by atoms with Gasteiger partial charge in [0.15, 0.2) is 0 Å². The Morgan fingerprint density at radius 3 is 2.85 bits per heavy atom. The fourth-order valence-electron chi connectivity index (χ4n) is 2.06. The van der Waals surface area contributed by atoms with Gasteiger partial charge < -0.3 is 4.57 Å². The molecule has 0 aliphatic heterocycles. The maximum atomic E-state index is 12.0. The average molecular weight is 350 g/mol. The zero-order valence-electron chi connectivity index (χ0n) is 10.4. The van der Waals surface area contributed by atoms with Crippen molar-refractivity contribution in [2.75, 3.05) is 0 Å². The lowest BCUT2D eigenvalue weighted by Crippen LogP contribution is -2.20. The van der Waals surface area contributed by atoms with E-state index in [4.69, 9.17) is 11.6 Å². The van der Waals surface area contributed by atoms with E-state index in [1.807, 2.05) is 36.4 Å². The number of para-hydroxylation sites is 1. The van der Waals surface area contributed by atoms with Gasteiger partial charge >= 0.3 is 0 Å². The van der Waals surface area contributed by atoms with Crippen molar-refractivity contribution >= 4 is 38.4 Å². The van der Waals surface area contributed by atoms with Crippen LogP contribution in [0.1, 0.15) is 5.56 Å². The summed E-state index contributed by atoms with van der Waals surface area (Å²) >= 11 is 9.44. The SMILES string of the molecule is O=c1c(Br)cccn1Cc1cc2ccccc2nc1Cl. The van der Waals surface area contributed by atoms with E-state index in [0.717, 1.165) is 16.5 Å². The molecular formula is C15H10BrClN2O. The molecule has 1 aromatic carbocycles. The third kappa shape index (κ3) is 2.49. The van der Waals surface area contributed by atoms with E-state index in [9.17, 15) is 4.79 Å². The van der Waals surface area contributed by atoms with Gasteiger partial charge in [0.2, 0.25) is 0 Å². The van der Waals surface area contributed by atoms with E-state index in [1.165, 1.54) is 0 Å². The van der Waals surface area contributed by atoms with Crippen LogP contribution in [-0.2, 0) is 6.54 Å². The van der Waals surface area contributed by atoms with E-state index >= 15 is 0 Å². The van der Waals surface area contributed by atoms with Crippen molar-refractivity contribution in [2.24, 2.45) is 0 Å². The van der Waals surface area contributed by atoms with Crippen LogP contribution in [-0.4, -0.2) is 9.55 Å². The van der Waals surface area contributed by atoms with Gasteiger partial charge in [-0.3, -0.25) is 4.79 Å². The number of nitrogens with zero attached hydrogens (tertiary/aromatic N) is 2. The van der Waals surface area contributed by atoms with Gasteiger partial charge in [0.25, 0.3) is 5.56 Å². The third-order valence-electron chi connectivity index (χ3n) is 3.06. The first-order valence-corrected chi connectivity index (χ1v) is 7.21. The van der Waals surface area contributed by atoms with Crippen molar-refractivity contribution in [3.05, 3.63) is 74.2 Å². The van der Waals surface area contributed by atoms with Crippen LogP contribution in [0.5, 0.6) is 0 Å². The van der Waals surface area contributed by atoms with E-state index in [1.54, 1.807) is 16.8 Å². The Balaban J connectivity index is 2.08. The minimum atomic E-state index is -0.0864. The molecule has 0 atom stereocenters. The van der Waals surface area contributed by atoms with Crippen LogP contribution in [0.3, 0.4) is 0 Å². The molecule has 0 aliphatic rings. The number of aromatic nitrogens is 2. The van der Waals surface area contributed by atoms with Gasteiger partial charge in [-0.1, -0.05) is 29.8 Å². The normalized spacial score (nSPS) is 10.9. The summed E-state index contributed by atoms with van der Waals surface area (Å²) in [6.45, 7) is 0.398. The standard InChI is InChI=1S/C15H10BrClN2O/c16-12-5-3-7-19(15(12)20)9-11-8-10-4-1-2-6-13(10)18-14(11)17/h1-8H,9H2. The monoisotopic (exact) mass is 348 g/mol. The number of hydrogen-bond donors (Lipinski definition) is 0. The Bertz CT molecular complexity index is 845. The summed E-state index contributed by atoms with van der Waals surface area (Å²) in [6.07, 6.45) is 1.73. The van der Waals surface area contributed by atoms with Crippen molar-refractivity contribution in [3.63, 3.8) is 0 Å². The van der Waals surface area contributed by atoms with E-state index in [-0.39, 0.29) is 5.56 Å². The van der Waals surface area contributed by atoms with Gasteiger partial charge in [0.05, 0.1) is 16.5 Å².